The van der Waals surface area contributed by atoms with Gasteiger partial charge in [-0.3, -0.25) is 5.10 Å². The van der Waals surface area contributed by atoms with Crippen molar-refractivity contribution < 1.29 is 8.78 Å². The maximum atomic E-state index is 14.9. The number of nitrogens with one attached hydrogen (secondary N) is 1. The standard InChI is InChI=1S/C19H17F2N3/c1-10(2)16-8-14-17(7-12-9-22-23-19(12)18(14)21)24(16)13-4-5-15(20)11(3)6-13/h4-10H,1-3H3,(H,22,23). The number of hydrogen-bond acceptors (Lipinski definition) is 1. The summed E-state index contributed by atoms with van der Waals surface area (Å²) in [6.45, 7) is 5.85. The van der Waals surface area contributed by atoms with Gasteiger partial charge in [-0.2, -0.15) is 5.10 Å². The lowest BCUT2D eigenvalue weighted by molar-refractivity contribution is 0.618. The quantitative estimate of drug-likeness (QED) is 0.539. The van der Waals surface area contributed by atoms with Crippen molar-refractivity contribution >= 4 is 21.8 Å². The minimum Gasteiger partial charge on any atom is -0.313 e. The highest BCUT2D eigenvalue weighted by Gasteiger charge is 2.19. The molecule has 0 radical (unpaired) electrons. The Morgan fingerprint density at radius 2 is 1.92 bits per heavy atom. The van der Waals surface area contributed by atoms with Crippen LogP contribution in [0.15, 0.2) is 36.5 Å². The van der Waals surface area contributed by atoms with Crippen LogP contribution in [0.25, 0.3) is 27.5 Å². The molecule has 3 nitrogen and oxygen atoms in total. The highest BCUT2D eigenvalue weighted by Crippen LogP contribution is 2.34. The van der Waals surface area contributed by atoms with Crippen LogP contribution in [0.1, 0.15) is 31.0 Å². The first-order valence-electron chi connectivity index (χ1n) is 7.91. The van der Waals surface area contributed by atoms with E-state index in [1.807, 2.05) is 16.7 Å². The summed E-state index contributed by atoms with van der Waals surface area (Å²) < 4.78 is 30.5. The highest BCUT2D eigenvalue weighted by atomic mass is 19.1. The van der Waals surface area contributed by atoms with E-state index >= 15 is 0 Å². The fourth-order valence-corrected chi connectivity index (χ4v) is 3.21. The molecule has 0 saturated heterocycles. The summed E-state index contributed by atoms with van der Waals surface area (Å²) in [5.74, 6) is -0.358. The van der Waals surface area contributed by atoms with Crippen LogP contribution in [0.3, 0.4) is 0 Å². The van der Waals surface area contributed by atoms with Crippen molar-refractivity contribution in [1.82, 2.24) is 14.8 Å². The number of benzene rings is 2. The summed E-state index contributed by atoms with van der Waals surface area (Å²) in [7, 11) is 0. The fourth-order valence-electron chi connectivity index (χ4n) is 3.21. The summed E-state index contributed by atoms with van der Waals surface area (Å²) in [6, 6.07) is 8.76. The van der Waals surface area contributed by atoms with Gasteiger partial charge in [0.1, 0.15) is 11.3 Å². The predicted molar refractivity (Wildman–Crippen MR) is 91.7 cm³/mol. The zero-order valence-corrected chi connectivity index (χ0v) is 13.7. The molecule has 0 bridgehead atoms. The third-order valence-corrected chi connectivity index (χ3v) is 4.48. The third-order valence-electron chi connectivity index (χ3n) is 4.48. The Bertz CT molecular complexity index is 1070. The summed E-state index contributed by atoms with van der Waals surface area (Å²) in [4.78, 5) is 0. The molecule has 0 aliphatic carbocycles. The Morgan fingerprint density at radius 1 is 1.12 bits per heavy atom. The summed E-state index contributed by atoms with van der Waals surface area (Å²) in [6.07, 6.45) is 1.61. The molecular weight excluding hydrogens is 308 g/mol. The maximum absolute atomic E-state index is 14.9. The Morgan fingerprint density at radius 3 is 2.62 bits per heavy atom. The topological polar surface area (TPSA) is 33.6 Å². The zero-order chi connectivity index (χ0) is 17.0. The van der Waals surface area contributed by atoms with E-state index in [1.165, 1.54) is 6.07 Å². The van der Waals surface area contributed by atoms with Gasteiger partial charge in [-0.25, -0.2) is 8.78 Å². The Balaban J connectivity index is 2.13. The average molecular weight is 325 g/mol. The minimum atomic E-state index is -0.306. The van der Waals surface area contributed by atoms with E-state index in [9.17, 15) is 8.78 Å². The van der Waals surface area contributed by atoms with E-state index in [0.717, 1.165) is 16.9 Å². The predicted octanol–water partition coefficient (Wildman–Crippen LogP) is 5.22. The molecule has 5 heteroatoms. The molecule has 2 aromatic carbocycles. The molecule has 2 heterocycles. The molecule has 1 N–H and O–H groups in total. The smallest absolute Gasteiger partial charge is 0.158 e. The molecule has 0 unspecified atom stereocenters. The number of halogens is 2. The van der Waals surface area contributed by atoms with Gasteiger partial charge in [-0.15, -0.1) is 0 Å². The van der Waals surface area contributed by atoms with Gasteiger partial charge >= 0.3 is 0 Å². The number of nitrogens with zero attached hydrogens (tertiary/aromatic N) is 2. The second-order valence-corrected chi connectivity index (χ2v) is 6.45. The lowest BCUT2D eigenvalue weighted by Crippen LogP contribution is -2.02. The van der Waals surface area contributed by atoms with Crippen LogP contribution in [0.4, 0.5) is 8.78 Å². The van der Waals surface area contributed by atoms with E-state index in [4.69, 9.17) is 0 Å². The first-order valence-corrected chi connectivity index (χ1v) is 7.91. The molecule has 0 saturated carbocycles. The number of aromatic amines is 1. The van der Waals surface area contributed by atoms with Crippen molar-refractivity contribution in [1.29, 1.82) is 0 Å². The second kappa shape index (κ2) is 5.16. The first kappa shape index (κ1) is 14.9. The molecule has 0 atom stereocenters. The fraction of sp³-hybridized carbons (Fsp3) is 0.211. The summed E-state index contributed by atoms with van der Waals surface area (Å²) in [5, 5.41) is 7.89. The van der Waals surface area contributed by atoms with Crippen molar-refractivity contribution in [2.24, 2.45) is 0 Å². The highest BCUT2D eigenvalue weighted by molar-refractivity contribution is 5.97. The summed E-state index contributed by atoms with van der Waals surface area (Å²) >= 11 is 0. The third kappa shape index (κ3) is 2.04. The number of rotatable bonds is 2. The maximum Gasteiger partial charge on any atom is 0.158 e. The van der Waals surface area contributed by atoms with Gasteiger partial charge < -0.3 is 4.57 Å². The van der Waals surface area contributed by atoms with Crippen LogP contribution < -0.4 is 0 Å². The number of H-pyrrole nitrogens is 1. The van der Waals surface area contributed by atoms with Gasteiger partial charge in [0.05, 0.1) is 11.7 Å². The zero-order valence-electron chi connectivity index (χ0n) is 13.7. The molecule has 122 valence electrons. The average Bonchev–Trinajstić information content (AvgIpc) is 3.15. The SMILES string of the molecule is Cc1cc(-n2c(C(C)C)cc3c(F)c4[nH]ncc4cc32)ccc1F. The largest absolute Gasteiger partial charge is 0.313 e. The van der Waals surface area contributed by atoms with Crippen LogP contribution in [0.5, 0.6) is 0 Å². The van der Waals surface area contributed by atoms with E-state index in [0.29, 0.717) is 21.9 Å². The molecule has 0 fully saturated rings. The van der Waals surface area contributed by atoms with Crippen molar-refractivity contribution in [2.75, 3.05) is 0 Å². The molecular formula is C19H17F2N3. The van der Waals surface area contributed by atoms with Crippen molar-refractivity contribution in [3.05, 3.63) is 59.4 Å². The van der Waals surface area contributed by atoms with Crippen LogP contribution >= 0.6 is 0 Å². The lowest BCUT2D eigenvalue weighted by atomic mass is 10.1. The van der Waals surface area contributed by atoms with Crippen LogP contribution in [0, 0.1) is 18.6 Å². The lowest BCUT2D eigenvalue weighted by Gasteiger charge is -2.14. The number of aryl methyl sites for hydroxylation is 1. The van der Waals surface area contributed by atoms with Gasteiger partial charge in [0, 0.05) is 22.2 Å². The van der Waals surface area contributed by atoms with Crippen LogP contribution in [-0.4, -0.2) is 14.8 Å². The van der Waals surface area contributed by atoms with E-state index in [1.54, 1.807) is 25.3 Å². The Labute approximate surface area is 137 Å². The van der Waals surface area contributed by atoms with Crippen LogP contribution in [-0.2, 0) is 0 Å². The van der Waals surface area contributed by atoms with Gasteiger partial charge in [0.2, 0.25) is 0 Å². The first-order chi connectivity index (χ1) is 11.5. The molecule has 0 amide bonds. The minimum absolute atomic E-state index is 0.193. The Kier molecular flexibility index (Phi) is 3.20. The monoisotopic (exact) mass is 325 g/mol. The van der Waals surface area contributed by atoms with Crippen molar-refractivity contribution in [3.8, 4) is 5.69 Å². The van der Waals surface area contributed by atoms with Crippen molar-refractivity contribution in [3.63, 3.8) is 0 Å². The second-order valence-electron chi connectivity index (χ2n) is 6.45. The van der Waals surface area contributed by atoms with E-state index in [2.05, 4.69) is 24.0 Å². The number of aromatic nitrogens is 3. The summed E-state index contributed by atoms with van der Waals surface area (Å²) in [5.41, 5.74) is 3.54. The van der Waals surface area contributed by atoms with Gasteiger partial charge in [-0.05, 0) is 48.7 Å². The van der Waals surface area contributed by atoms with E-state index < -0.39 is 0 Å². The Hall–Kier alpha value is -2.69. The molecule has 2 aromatic heterocycles. The van der Waals surface area contributed by atoms with Gasteiger partial charge in [0.25, 0.3) is 0 Å². The number of fused-ring (bicyclic) bond motifs is 2. The van der Waals surface area contributed by atoms with Crippen molar-refractivity contribution in [2.45, 2.75) is 26.7 Å². The van der Waals surface area contributed by atoms with Crippen LogP contribution in [0.2, 0.25) is 0 Å². The molecule has 0 aliphatic rings. The molecule has 0 spiro atoms. The molecule has 4 rings (SSSR count). The number of hydrogen-bond donors (Lipinski definition) is 1. The van der Waals surface area contributed by atoms with E-state index in [-0.39, 0.29) is 17.6 Å². The normalized spacial score (nSPS) is 11.9. The van der Waals surface area contributed by atoms with Gasteiger partial charge in [-0.1, -0.05) is 13.8 Å². The molecule has 24 heavy (non-hydrogen) atoms. The van der Waals surface area contributed by atoms with Gasteiger partial charge in [0.15, 0.2) is 5.82 Å². The molecule has 0 aliphatic heterocycles. The molecule has 4 aromatic rings.